The van der Waals surface area contributed by atoms with E-state index in [9.17, 15) is 9.18 Å². The predicted molar refractivity (Wildman–Crippen MR) is 95.4 cm³/mol. The van der Waals surface area contributed by atoms with Crippen LogP contribution in [0.3, 0.4) is 0 Å². The fourth-order valence-electron chi connectivity index (χ4n) is 4.44. The summed E-state index contributed by atoms with van der Waals surface area (Å²) < 4.78 is 24.7. The molecule has 0 amide bonds. The summed E-state index contributed by atoms with van der Waals surface area (Å²) in [7, 11) is 1.40. The van der Waals surface area contributed by atoms with Gasteiger partial charge in [0.2, 0.25) is 0 Å². The molecule has 138 valence electrons. The van der Waals surface area contributed by atoms with Crippen molar-refractivity contribution in [3.63, 3.8) is 0 Å². The second-order valence-corrected chi connectivity index (χ2v) is 7.60. The van der Waals surface area contributed by atoms with Crippen molar-refractivity contribution in [1.29, 1.82) is 0 Å². The van der Waals surface area contributed by atoms with E-state index in [4.69, 9.17) is 9.47 Å². The molecule has 3 nitrogen and oxygen atoms in total. The zero-order valence-corrected chi connectivity index (χ0v) is 15.4. The number of cyclic esters (lactones) is 1. The maximum Gasteiger partial charge on any atom is 0.341 e. The van der Waals surface area contributed by atoms with Crippen LogP contribution in [-0.4, -0.2) is 19.2 Å². The van der Waals surface area contributed by atoms with Crippen LogP contribution >= 0.6 is 0 Å². The number of methoxy groups -OCH3 is 1. The first kappa shape index (κ1) is 18.2. The molecule has 0 bridgehead atoms. The Morgan fingerprint density at radius 3 is 2.44 bits per heavy atom. The highest BCUT2D eigenvalue weighted by Gasteiger charge is 2.31. The van der Waals surface area contributed by atoms with Crippen LogP contribution in [-0.2, 0) is 11.2 Å². The summed E-state index contributed by atoms with van der Waals surface area (Å²) in [4.78, 5) is 12.2. The van der Waals surface area contributed by atoms with Gasteiger partial charge < -0.3 is 9.47 Å². The smallest absolute Gasteiger partial charge is 0.341 e. The lowest BCUT2D eigenvalue weighted by atomic mass is 9.78. The number of esters is 1. The van der Waals surface area contributed by atoms with Crippen LogP contribution in [0.25, 0.3) is 0 Å². The Morgan fingerprint density at radius 1 is 1.12 bits per heavy atom. The minimum atomic E-state index is -0.599. The van der Waals surface area contributed by atoms with Gasteiger partial charge in [-0.3, -0.25) is 0 Å². The van der Waals surface area contributed by atoms with Crippen LogP contribution in [0.1, 0.15) is 74.2 Å². The van der Waals surface area contributed by atoms with E-state index in [0.29, 0.717) is 6.42 Å². The van der Waals surface area contributed by atoms with Gasteiger partial charge in [0.1, 0.15) is 11.7 Å². The molecule has 1 fully saturated rings. The van der Waals surface area contributed by atoms with Gasteiger partial charge in [-0.15, -0.1) is 0 Å². The van der Waals surface area contributed by atoms with Crippen molar-refractivity contribution in [2.24, 2.45) is 11.8 Å². The Kier molecular flexibility index (Phi) is 5.98. The molecule has 1 aromatic carbocycles. The van der Waals surface area contributed by atoms with Crippen LogP contribution in [0.15, 0.2) is 12.1 Å². The molecule has 0 N–H and O–H groups in total. The molecule has 1 aliphatic carbocycles. The SMILES string of the molecule is CCCC1CCC(CCC2Cc3ccc(OC)c(F)c3C(=O)O2)CC1. The Hall–Kier alpha value is -1.58. The number of benzene rings is 1. The second kappa shape index (κ2) is 8.20. The zero-order chi connectivity index (χ0) is 17.8. The number of hydrogen-bond acceptors (Lipinski definition) is 3. The van der Waals surface area contributed by atoms with E-state index in [1.165, 1.54) is 45.6 Å². The average molecular weight is 348 g/mol. The maximum absolute atomic E-state index is 14.3. The van der Waals surface area contributed by atoms with Gasteiger partial charge in [-0.25, -0.2) is 9.18 Å². The highest BCUT2D eigenvalue weighted by Crippen LogP contribution is 2.35. The first-order chi connectivity index (χ1) is 12.1. The van der Waals surface area contributed by atoms with Crippen molar-refractivity contribution in [2.45, 2.75) is 70.8 Å². The van der Waals surface area contributed by atoms with Gasteiger partial charge in [0, 0.05) is 6.42 Å². The molecule has 0 saturated heterocycles. The monoisotopic (exact) mass is 348 g/mol. The molecule has 0 radical (unpaired) electrons. The molecule has 0 spiro atoms. The molecule has 25 heavy (non-hydrogen) atoms. The van der Waals surface area contributed by atoms with Crippen molar-refractivity contribution in [3.05, 3.63) is 29.1 Å². The molecular weight excluding hydrogens is 319 g/mol. The lowest BCUT2D eigenvalue weighted by Gasteiger charge is -2.30. The second-order valence-electron chi connectivity index (χ2n) is 7.60. The Bertz CT molecular complexity index is 605. The summed E-state index contributed by atoms with van der Waals surface area (Å²) in [6.07, 6.45) is 10.4. The van der Waals surface area contributed by atoms with Crippen LogP contribution in [0.4, 0.5) is 4.39 Å². The molecule has 1 aromatic rings. The lowest BCUT2D eigenvalue weighted by molar-refractivity contribution is 0.0208. The van der Waals surface area contributed by atoms with Gasteiger partial charge in [0.25, 0.3) is 0 Å². The third-order valence-corrected chi connectivity index (χ3v) is 5.90. The summed E-state index contributed by atoms with van der Waals surface area (Å²) in [5.74, 6) is 0.615. The topological polar surface area (TPSA) is 35.5 Å². The van der Waals surface area contributed by atoms with Crippen molar-refractivity contribution >= 4 is 5.97 Å². The minimum absolute atomic E-state index is 0.0515. The molecule has 1 atom stereocenters. The van der Waals surface area contributed by atoms with Crippen LogP contribution in [0.5, 0.6) is 5.75 Å². The largest absolute Gasteiger partial charge is 0.494 e. The molecule has 1 aliphatic heterocycles. The molecule has 2 aliphatic rings. The number of halogens is 1. The van der Waals surface area contributed by atoms with E-state index < -0.39 is 11.8 Å². The summed E-state index contributed by atoms with van der Waals surface area (Å²) >= 11 is 0. The van der Waals surface area contributed by atoms with Crippen LogP contribution < -0.4 is 4.74 Å². The average Bonchev–Trinajstić information content (AvgIpc) is 2.61. The van der Waals surface area contributed by atoms with Crippen molar-refractivity contribution in [1.82, 2.24) is 0 Å². The normalized spacial score (nSPS) is 26.0. The van der Waals surface area contributed by atoms with E-state index in [1.54, 1.807) is 12.1 Å². The van der Waals surface area contributed by atoms with Crippen molar-refractivity contribution in [2.75, 3.05) is 7.11 Å². The van der Waals surface area contributed by atoms with E-state index in [2.05, 4.69) is 6.92 Å². The molecule has 4 heteroatoms. The fraction of sp³-hybridized carbons (Fsp3) is 0.667. The fourth-order valence-corrected chi connectivity index (χ4v) is 4.44. The maximum atomic E-state index is 14.3. The molecular formula is C21H29FO3. The molecule has 1 unspecified atom stereocenters. The van der Waals surface area contributed by atoms with Gasteiger partial charge >= 0.3 is 5.97 Å². The zero-order valence-electron chi connectivity index (χ0n) is 15.4. The third-order valence-electron chi connectivity index (χ3n) is 5.90. The summed E-state index contributed by atoms with van der Waals surface area (Å²) in [6.45, 7) is 2.26. The van der Waals surface area contributed by atoms with Gasteiger partial charge in [-0.05, 0) is 36.3 Å². The first-order valence-electron chi connectivity index (χ1n) is 9.68. The van der Waals surface area contributed by atoms with Crippen molar-refractivity contribution < 1.29 is 18.7 Å². The van der Waals surface area contributed by atoms with E-state index in [0.717, 1.165) is 30.2 Å². The van der Waals surface area contributed by atoms with Gasteiger partial charge in [0.15, 0.2) is 11.6 Å². The number of hydrogen-bond donors (Lipinski definition) is 0. The number of carbonyl (C=O) groups excluding carboxylic acids is 1. The quantitative estimate of drug-likeness (QED) is 0.654. The predicted octanol–water partition coefficient (Wildman–Crippen LogP) is 5.30. The lowest BCUT2D eigenvalue weighted by Crippen LogP contribution is -2.29. The van der Waals surface area contributed by atoms with E-state index >= 15 is 0 Å². The Balaban J connectivity index is 1.54. The molecule has 1 heterocycles. The van der Waals surface area contributed by atoms with Gasteiger partial charge in [-0.1, -0.05) is 51.5 Å². The van der Waals surface area contributed by atoms with Crippen molar-refractivity contribution in [3.8, 4) is 5.75 Å². The minimum Gasteiger partial charge on any atom is -0.494 e. The number of ether oxygens (including phenoxy) is 2. The standard InChI is InChI=1S/C21H29FO3/c1-3-4-14-5-7-15(8-6-14)9-11-17-13-16-10-12-18(24-2)20(22)19(16)21(23)25-17/h10,12,14-15,17H,3-9,11,13H2,1-2H3. The first-order valence-corrected chi connectivity index (χ1v) is 9.68. The molecule has 3 rings (SSSR count). The van der Waals surface area contributed by atoms with Crippen LogP contribution in [0.2, 0.25) is 0 Å². The van der Waals surface area contributed by atoms with Gasteiger partial charge in [0.05, 0.1) is 7.11 Å². The summed E-state index contributed by atoms with van der Waals surface area (Å²) in [5, 5.41) is 0. The number of rotatable bonds is 6. The van der Waals surface area contributed by atoms with E-state index in [-0.39, 0.29) is 17.4 Å². The van der Waals surface area contributed by atoms with Crippen LogP contribution in [0, 0.1) is 17.7 Å². The van der Waals surface area contributed by atoms with E-state index in [1.807, 2.05) is 0 Å². The summed E-state index contributed by atoms with van der Waals surface area (Å²) in [5.41, 5.74) is 0.793. The molecule has 0 aromatic heterocycles. The Morgan fingerprint density at radius 2 is 1.80 bits per heavy atom. The van der Waals surface area contributed by atoms with Gasteiger partial charge in [-0.2, -0.15) is 0 Å². The highest BCUT2D eigenvalue weighted by molar-refractivity contribution is 5.93. The third kappa shape index (κ3) is 4.16. The molecule has 1 saturated carbocycles. The number of carbonyl (C=O) groups is 1. The highest BCUT2D eigenvalue weighted by atomic mass is 19.1. The Labute approximate surface area is 149 Å². The number of fused-ring (bicyclic) bond motifs is 1. The summed E-state index contributed by atoms with van der Waals surface area (Å²) in [6, 6.07) is 3.39.